The van der Waals surface area contributed by atoms with Crippen LogP contribution in [0.15, 0.2) is 30.3 Å². The first-order chi connectivity index (χ1) is 12.4. The lowest BCUT2D eigenvalue weighted by Gasteiger charge is -2.43. The van der Waals surface area contributed by atoms with Crippen LogP contribution in [-0.2, 0) is 16.0 Å². The number of carboxylic acids is 1. The molecule has 1 aromatic rings. The smallest absolute Gasteiger partial charge is 0.312 e. The number of benzene rings is 1. The number of aliphatic hydroxyl groups excluding tert-OH is 1. The van der Waals surface area contributed by atoms with E-state index in [0.29, 0.717) is 6.54 Å². The van der Waals surface area contributed by atoms with Crippen LogP contribution in [0.25, 0.3) is 0 Å². The maximum Gasteiger partial charge on any atom is 0.312 e. The van der Waals surface area contributed by atoms with Crippen LogP contribution in [-0.4, -0.2) is 46.2 Å². The van der Waals surface area contributed by atoms with E-state index in [9.17, 15) is 19.8 Å². The molecule has 0 saturated carbocycles. The molecule has 1 amide bonds. The number of carboxylic acid groups (broad SMARTS) is 1. The molecular formula is C21H31NO4. The summed E-state index contributed by atoms with van der Waals surface area (Å²) in [6.07, 6.45) is 3.05. The fourth-order valence-corrected chi connectivity index (χ4v) is 4.01. The molecule has 0 aromatic heterocycles. The Morgan fingerprint density at radius 2 is 1.81 bits per heavy atom. The highest BCUT2D eigenvalue weighted by molar-refractivity contribution is 5.80. The molecule has 1 aliphatic rings. The topological polar surface area (TPSA) is 77.8 Å². The first-order valence-electron chi connectivity index (χ1n) is 9.68. The summed E-state index contributed by atoms with van der Waals surface area (Å²) >= 11 is 0. The van der Waals surface area contributed by atoms with Crippen LogP contribution >= 0.6 is 0 Å². The van der Waals surface area contributed by atoms with Crippen molar-refractivity contribution in [1.29, 1.82) is 0 Å². The number of piperidine rings is 1. The molecule has 144 valence electrons. The number of hydrogen-bond acceptors (Lipinski definition) is 3. The third-order valence-corrected chi connectivity index (χ3v) is 5.58. The number of carbonyl (C=O) groups excluding carboxylic acids is 1. The van der Waals surface area contributed by atoms with E-state index in [4.69, 9.17) is 0 Å². The van der Waals surface area contributed by atoms with Gasteiger partial charge in [0.05, 0.1) is 6.10 Å². The molecule has 1 saturated heterocycles. The normalized spacial score (nSPS) is 23.2. The van der Waals surface area contributed by atoms with Gasteiger partial charge in [0.1, 0.15) is 5.41 Å². The summed E-state index contributed by atoms with van der Waals surface area (Å²) in [7, 11) is 0. The van der Waals surface area contributed by atoms with E-state index in [1.54, 1.807) is 4.90 Å². The molecule has 1 fully saturated rings. The van der Waals surface area contributed by atoms with Crippen LogP contribution in [0.3, 0.4) is 0 Å². The molecule has 1 aromatic carbocycles. The van der Waals surface area contributed by atoms with Gasteiger partial charge in [0, 0.05) is 19.0 Å². The van der Waals surface area contributed by atoms with Gasteiger partial charge in [-0.3, -0.25) is 9.59 Å². The van der Waals surface area contributed by atoms with Crippen molar-refractivity contribution in [2.24, 2.45) is 11.3 Å². The van der Waals surface area contributed by atoms with Gasteiger partial charge in [-0.1, -0.05) is 57.0 Å². The lowest BCUT2D eigenvalue weighted by molar-refractivity contribution is -0.167. The Morgan fingerprint density at radius 3 is 2.31 bits per heavy atom. The third kappa shape index (κ3) is 4.44. The van der Waals surface area contributed by atoms with Gasteiger partial charge in [-0.25, -0.2) is 0 Å². The van der Waals surface area contributed by atoms with Gasteiger partial charge in [-0.15, -0.1) is 0 Å². The Labute approximate surface area is 156 Å². The third-order valence-electron chi connectivity index (χ3n) is 5.58. The van der Waals surface area contributed by atoms with Gasteiger partial charge < -0.3 is 15.1 Å². The molecule has 2 atom stereocenters. The molecule has 0 bridgehead atoms. The monoisotopic (exact) mass is 361 g/mol. The summed E-state index contributed by atoms with van der Waals surface area (Å²) in [5, 5.41) is 20.6. The number of β-amino-alcohol motifs (C(OH)–C–C–N with tert-alkyl or cyclic N) is 1. The average Bonchev–Trinajstić information content (AvgIpc) is 2.63. The quantitative estimate of drug-likeness (QED) is 0.746. The standard InChI is InChI=1S/C21H31NO4/c1-3-8-17(9-4-2)19(24)22-13-12-21(20(25)26,18(23)15-22)14-16-10-6-5-7-11-16/h5-7,10-11,17-18,23H,3-4,8-9,12-15H2,1-2H3,(H,25,26)/t18-,21+/m0/s1. The van der Waals surface area contributed by atoms with E-state index in [2.05, 4.69) is 13.8 Å². The second kappa shape index (κ2) is 9.17. The minimum absolute atomic E-state index is 0.0244. The van der Waals surface area contributed by atoms with Gasteiger partial charge in [0.25, 0.3) is 0 Å². The number of hydrogen-bond donors (Lipinski definition) is 2. The maximum absolute atomic E-state index is 12.8. The zero-order valence-electron chi connectivity index (χ0n) is 15.9. The maximum atomic E-state index is 12.8. The molecule has 2 N–H and O–H groups in total. The summed E-state index contributed by atoms with van der Waals surface area (Å²) in [5.74, 6) is -0.949. The Bertz CT molecular complexity index is 597. The fraction of sp³-hybridized carbons (Fsp3) is 0.619. The molecule has 1 heterocycles. The van der Waals surface area contributed by atoms with Gasteiger partial charge in [-0.2, -0.15) is 0 Å². The SMILES string of the molecule is CCCC(CCC)C(=O)N1CC[C@](Cc2ccccc2)(C(=O)O)[C@@H](O)C1. The first kappa shape index (κ1) is 20.4. The van der Waals surface area contributed by atoms with Gasteiger partial charge in [-0.05, 0) is 31.2 Å². The van der Waals surface area contributed by atoms with Crippen molar-refractivity contribution in [2.75, 3.05) is 13.1 Å². The summed E-state index contributed by atoms with van der Waals surface area (Å²) in [5.41, 5.74) is -0.341. The largest absolute Gasteiger partial charge is 0.481 e. The highest BCUT2D eigenvalue weighted by Gasteiger charge is 2.49. The highest BCUT2D eigenvalue weighted by Crippen LogP contribution is 2.36. The molecule has 26 heavy (non-hydrogen) atoms. The van der Waals surface area contributed by atoms with Crippen molar-refractivity contribution in [3.05, 3.63) is 35.9 Å². The van der Waals surface area contributed by atoms with Crippen LogP contribution in [0.2, 0.25) is 0 Å². The molecule has 5 heteroatoms. The van der Waals surface area contributed by atoms with Gasteiger partial charge >= 0.3 is 5.97 Å². The van der Waals surface area contributed by atoms with Crippen molar-refractivity contribution in [3.8, 4) is 0 Å². The van der Waals surface area contributed by atoms with Crippen LogP contribution in [0.5, 0.6) is 0 Å². The van der Waals surface area contributed by atoms with Crippen LogP contribution in [0, 0.1) is 11.3 Å². The lowest BCUT2D eigenvalue weighted by atomic mass is 9.71. The Balaban J connectivity index is 2.13. The average molecular weight is 361 g/mol. The number of carbonyl (C=O) groups is 2. The molecular weight excluding hydrogens is 330 g/mol. The number of likely N-dealkylation sites (tertiary alicyclic amines) is 1. The van der Waals surface area contributed by atoms with Crippen LogP contribution < -0.4 is 0 Å². The number of rotatable bonds is 8. The van der Waals surface area contributed by atoms with Gasteiger partial charge in [0.2, 0.25) is 5.91 Å². The highest BCUT2D eigenvalue weighted by atomic mass is 16.4. The summed E-state index contributed by atoms with van der Waals surface area (Å²) in [4.78, 5) is 26.5. The Hall–Kier alpha value is -1.88. The van der Waals surface area contributed by atoms with Crippen molar-refractivity contribution >= 4 is 11.9 Å². The van der Waals surface area contributed by atoms with E-state index in [1.807, 2.05) is 30.3 Å². The summed E-state index contributed by atoms with van der Waals surface area (Å²) < 4.78 is 0. The van der Waals surface area contributed by atoms with Crippen molar-refractivity contribution in [3.63, 3.8) is 0 Å². The second-order valence-electron chi connectivity index (χ2n) is 7.45. The molecule has 1 aliphatic heterocycles. The summed E-state index contributed by atoms with van der Waals surface area (Å²) in [6, 6.07) is 9.39. The predicted molar refractivity (Wildman–Crippen MR) is 101 cm³/mol. The minimum Gasteiger partial charge on any atom is -0.481 e. The summed E-state index contributed by atoms with van der Waals surface area (Å²) in [6.45, 7) is 4.62. The zero-order valence-corrected chi connectivity index (χ0v) is 15.9. The van der Waals surface area contributed by atoms with Gasteiger partial charge in [0.15, 0.2) is 0 Å². The molecule has 0 unspecified atom stereocenters. The van der Waals surface area contributed by atoms with E-state index >= 15 is 0 Å². The van der Waals surface area contributed by atoms with Crippen LogP contribution in [0.1, 0.15) is 51.5 Å². The number of aliphatic carboxylic acids is 1. The number of nitrogens with zero attached hydrogens (tertiary/aromatic N) is 1. The van der Waals surface area contributed by atoms with E-state index in [-0.39, 0.29) is 31.2 Å². The fourth-order valence-electron chi connectivity index (χ4n) is 4.01. The zero-order chi connectivity index (χ0) is 19.2. The lowest BCUT2D eigenvalue weighted by Crippen LogP contribution is -2.57. The van der Waals surface area contributed by atoms with Crippen molar-refractivity contribution < 1.29 is 19.8 Å². The Morgan fingerprint density at radius 1 is 1.19 bits per heavy atom. The molecule has 5 nitrogen and oxygen atoms in total. The minimum atomic E-state index is -1.23. The molecule has 2 rings (SSSR count). The van der Waals surface area contributed by atoms with E-state index < -0.39 is 17.5 Å². The predicted octanol–water partition coefficient (Wildman–Crippen LogP) is 3.11. The molecule has 0 aliphatic carbocycles. The number of amides is 1. The van der Waals surface area contributed by atoms with Crippen molar-refractivity contribution in [2.45, 2.75) is 58.5 Å². The Kier molecular flexibility index (Phi) is 7.21. The van der Waals surface area contributed by atoms with Crippen LogP contribution in [0.4, 0.5) is 0 Å². The second-order valence-corrected chi connectivity index (χ2v) is 7.45. The van der Waals surface area contributed by atoms with E-state index in [1.165, 1.54) is 0 Å². The van der Waals surface area contributed by atoms with E-state index in [0.717, 1.165) is 31.2 Å². The first-order valence-corrected chi connectivity index (χ1v) is 9.68. The molecule has 0 spiro atoms. The van der Waals surface area contributed by atoms with Crippen molar-refractivity contribution in [1.82, 2.24) is 4.90 Å². The molecule has 0 radical (unpaired) electrons. The number of aliphatic hydroxyl groups is 1.